The van der Waals surface area contributed by atoms with Crippen LogP contribution in [0.3, 0.4) is 0 Å². The van der Waals surface area contributed by atoms with E-state index in [4.69, 9.17) is 5.73 Å². The zero-order valence-electron chi connectivity index (χ0n) is 10.8. The molecular weight excluding hydrogens is 234 g/mol. The van der Waals surface area contributed by atoms with Crippen molar-refractivity contribution in [2.24, 2.45) is 10.2 Å². The third-order valence-corrected chi connectivity index (χ3v) is 3.58. The van der Waals surface area contributed by atoms with Crippen LogP contribution in [0.2, 0.25) is 0 Å². The number of benzene rings is 2. The Kier molecular flexibility index (Phi) is 3.27. The van der Waals surface area contributed by atoms with Crippen molar-refractivity contribution in [2.75, 3.05) is 5.73 Å². The quantitative estimate of drug-likeness (QED) is 0.617. The topological polar surface area (TPSA) is 50.7 Å². The van der Waals surface area contributed by atoms with Crippen LogP contribution in [0.15, 0.2) is 52.7 Å². The van der Waals surface area contributed by atoms with Crippen molar-refractivity contribution in [3.63, 3.8) is 0 Å². The van der Waals surface area contributed by atoms with Crippen LogP contribution in [0.1, 0.15) is 24.0 Å². The van der Waals surface area contributed by atoms with Crippen molar-refractivity contribution in [1.29, 1.82) is 0 Å². The summed E-state index contributed by atoms with van der Waals surface area (Å²) in [4.78, 5) is 0. The molecule has 0 atom stereocenters. The third kappa shape index (κ3) is 2.50. The van der Waals surface area contributed by atoms with Crippen LogP contribution in [0.4, 0.5) is 17.1 Å². The maximum Gasteiger partial charge on any atom is 0.0893 e. The van der Waals surface area contributed by atoms with Crippen LogP contribution in [-0.4, -0.2) is 0 Å². The van der Waals surface area contributed by atoms with Crippen LogP contribution in [0.5, 0.6) is 0 Å². The first-order valence-corrected chi connectivity index (χ1v) is 6.71. The highest BCUT2D eigenvalue weighted by molar-refractivity contribution is 5.62. The van der Waals surface area contributed by atoms with Crippen LogP contribution in [0.25, 0.3) is 0 Å². The summed E-state index contributed by atoms with van der Waals surface area (Å²) in [6.07, 6.45) is 4.56. The number of anilines is 1. The number of fused-ring (bicyclic) bond motifs is 1. The average molecular weight is 251 g/mol. The molecule has 1 aliphatic rings. The van der Waals surface area contributed by atoms with Crippen LogP contribution < -0.4 is 5.73 Å². The van der Waals surface area contributed by atoms with Gasteiger partial charge in [-0.15, -0.1) is 0 Å². The minimum atomic E-state index is 0.879. The Labute approximate surface area is 113 Å². The van der Waals surface area contributed by atoms with Gasteiger partial charge >= 0.3 is 0 Å². The summed E-state index contributed by atoms with van der Waals surface area (Å²) in [5, 5.41) is 8.70. The number of azo groups is 1. The lowest BCUT2D eigenvalue weighted by Crippen LogP contribution is -2.06. The molecule has 0 radical (unpaired) electrons. The number of nitrogen functional groups attached to an aromatic ring is 1. The van der Waals surface area contributed by atoms with Gasteiger partial charge in [0.25, 0.3) is 0 Å². The van der Waals surface area contributed by atoms with Gasteiger partial charge in [-0.05, 0) is 61.1 Å². The first-order chi connectivity index (χ1) is 9.34. The van der Waals surface area contributed by atoms with Crippen molar-refractivity contribution in [2.45, 2.75) is 25.7 Å². The van der Waals surface area contributed by atoms with Gasteiger partial charge < -0.3 is 5.73 Å². The normalized spacial score (nSPS) is 14.5. The molecule has 0 aliphatic heterocycles. The SMILES string of the molecule is Nc1ccc(/N=N/c2ccccc2)c2c1CCCC2. The lowest BCUT2D eigenvalue weighted by molar-refractivity contribution is 0.687. The molecule has 19 heavy (non-hydrogen) atoms. The molecule has 0 unspecified atom stereocenters. The molecule has 3 heteroatoms. The summed E-state index contributed by atoms with van der Waals surface area (Å²) < 4.78 is 0. The van der Waals surface area contributed by atoms with Gasteiger partial charge in [0.2, 0.25) is 0 Å². The van der Waals surface area contributed by atoms with Crippen LogP contribution in [0, 0.1) is 0 Å². The Morgan fingerprint density at radius 2 is 1.53 bits per heavy atom. The Balaban J connectivity index is 1.95. The van der Waals surface area contributed by atoms with E-state index in [1.54, 1.807) is 0 Å². The second kappa shape index (κ2) is 5.22. The molecule has 0 amide bonds. The fourth-order valence-corrected chi connectivity index (χ4v) is 2.58. The lowest BCUT2D eigenvalue weighted by atomic mass is 9.89. The number of hydrogen-bond donors (Lipinski definition) is 1. The van der Waals surface area contributed by atoms with E-state index >= 15 is 0 Å². The Morgan fingerprint density at radius 1 is 0.789 bits per heavy atom. The first kappa shape index (κ1) is 11.9. The highest BCUT2D eigenvalue weighted by atomic mass is 15.1. The molecule has 0 fully saturated rings. The van der Waals surface area contributed by atoms with Crippen LogP contribution >= 0.6 is 0 Å². The fraction of sp³-hybridized carbons (Fsp3) is 0.250. The van der Waals surface area contributed by atoms with E-state index in [0.29, 0.717) is 0 Å². The summed E-state index contributed by atoms with van der Waals surface area (Å²) >= 11 is 0. The molecule has 0 bridgehead atoms. The van der Waals surface area contributed by atoms with Gasteiger partial charge in [0, 0.05) is 5.69 Å². The molecule has 2 aromatic carbocycles. The molecule has 0 aromatic heterocycles. The zero-order chi connectivity index (χ0) is 13.1. The summed E-state index contributed by atoms with van der Waals surface area (Å²) in [5.74, 6) is 0. The van der Waals surface area contributed by atoms with Gasteiger partial charge in [-0.1, -0.05) is 18.2 Å². The predicted octanol–water partition coefficient (Wildman–Crippen LogP) is 4.56. The van der Waals surface area contributed by atoms with Gasteiger partial charge in [0.15, 0.2) is 0 Å². The van der Waals surface area contributed by atoms with E-state index < -0.39 is 0 Å². The smallest absolute Gasteiger partial charge is 0.0893 e. The largest absolute Gasteiger partial charge is 0.398 e. The summed E-state index contributed by atoms with van der Waals surface area (Å²) in [6, 6.07) is 13.7. The lowest BCUT2D eigenvalue weighted by Gasteiger charge is -2.18. The molecule has 0 saturated heterocycles. The molecule has 0 spiro atoms. The monoisotopic (exact) mass is 251 g/mol. The predicted molar refractivity (Wildman–Crippen MR) is 78.1 cm³/mol. The van der Waals surface area contributed by atoms with Gasteiger partial charge in [-0.3, -0.25) is 0 Å². The van der Waals surface area contributed by atoms with E-state index in [-0.39, 0.29) is 0 Å². The zero-order valence-corrected chi connectivity index (χ0v) is 10.8. The van der Waals surface area contributed by atoms with Gasteiger partial charge in [0.05, 0.1) is 11.4 Å². The van der Waals surface area contributed by atoms with E-state index in [2.05, 4.69) is 10.2 Å². The third-order valence-electron chi connectivity index (χ3n) is 3.58. The molecule has 0 heterocycles. The van der Waals surface area contributed by atoms with Crippen LogP contribution in [-0.2, 0) is 12.8 Å². The van der Waals surface area contributed by atoms with E-state index in [0.717, 1.165) is 29.9 Å². The summed E-state index contributed by atoms with van der Waals surface area (Å²) in [5.41, 5.74) is 11.3. The number of nitrogens with two attached hydrogens (primary N) is 1. The molecule has 3 nitrogen and oxygen atoms in total. The Hall–Kier alpha value is -2.16. The first-order valence-electron chi connectivity index (χ1n) is 6.71. The number of nitrogens with zero attached hydrogens (tertiary/aromatic N) is 2. The van der Waals surface area contributed by atoms with Crippen molar-refractivity contribution in [3.05, 3.63) is 53.6 Å². The van der Waals surface area contributed by atoms with Crippen molar-refractivity contribution in [3.8, 4) is 0 Å². The molecule has 0 saturated carbocycles. The Morgan fingerprint density at radius 3 is 2.32 bits per heavy atom. The average Bonchev–Trinajstić information content (AvgIpc) is 2.48. The number of hydrogen-bond acceptors (Lipinski definition) is 3. The highest BCUT2D eigenvalue weighted by Crippen LogP contribution is 2.34. The molecule has 2 aromatic rings. The molecule has 2 N–H and O–H groups in total. The highest BCUT2D eigenvalue weighted by Gasteiger charge is 2.15. The maximum absolute atomic E-state index is 6.05. The molecule has 96 valence electrons. The molecule has 1 aliphatic carbocycles. The van der Waals surface area contributed by atoms with E-state index in [9.17, 15) is 0 Å². The molecular formula is C16H17N3. The minimum Gasteiger partial charge on any atom is -0.398 e. The number of rotatable bonds is 2. The second-order valence-electron chi connectivity index (χ2n) is 4.87. The second-order valence-corrected chi connectivity index (χ2v) is 4.87. The van der Waals surface area contributed by atoms with Gasteiger partial charge in [-0.2, -0.15) is 10.2 Å². The standard InChI is InChI=1S/C16H17N3/c17-15-10-11-16(14-9-5-4-8-13(14)15)19-18-12-6-2-1-3-7-12/h1-3,6-7,10-11H,4-5,8-9,17H2/b19-18+. The molecule has 3 rings (SSSR count). The van der Waals surface area contributed by atoms with Gasteiger partial charge in [0.1, 0.15) is 0 Å². The van der Waals surface area contributed by atoms with E-state index in [1.165, 1.54) is 24.0 Å². The fourth-order valence-electron chi connectivity index (χ4n) is 2.58. The summed E-state index contributed by atoms with van der Waals surface area (Å²) in [7, 11) is 0. The van der Waals surface area contributed by atoms with Gasteiger partial charge in [-0.25, -0.2) is 0 Å². The van der Waals surface area contributed by atoms with Crippen molar-refractivity contribution >= 4 is 17.1 Å². The Bertz CT molecular complexity index is 603. The van der Waals surface area contributed by atoms with E-state index in [1.807, 2.05) is 42.5 Å². The maximum atomic E-state index is 6.05. The van der Waals surface area contributed by atoms with Crippen molar-refractivity contribution in [1.82, 2.24) is 0 Å². The summed E-state index contributed by atoms with van der Waals surface area (Å²) in [6.45, 7) is 0. The minimum absolute atomic E-state index is 0.879. The van der Waals surface area contributed by atoms with Crippen molar-refractivity contribution < 1.29 is 0 Å².